The molecule has 1 aliphatic heterocycles. The first-order valence-corrected chi connectivity index (χ1v) is 9.67. The summed E-state index contributed by atoms with van der Waals surface area (Å²) < 4.78 is 0. The van der Waals surface area contributed by atoms with Crippen molar-refractivity contribution in [2.24, 2.45) is 0 Å². The molecule has 4 aromatic rings. The summed E-state index contributed by atoms with van der Waals surface area (Å²) in [6.45, 7) is 1.52. The molecule has 144 valence electrons. The molecule has 0 saturated carbocycles. The summed E-state index contributed by atoms with van der Waals surface area (Å²) in [4.78, 5) is 36.7. The highest BCUT2D eigenvalue weighted by Crippen LogP contribution is 2.19. The highest BCUT2D eigenvalue weighted by Gasteiger charge is 2.28. The molecular formula is C23H20N4O2. The maximum absolute atomic E-state index is 12.9. The summed E-state index contributed by atoms with van der Waals surface area (Å²) in [6, 6.07) is 21.4. The maximum atomic E-state index is 12.9. The van der Waals surface area contributed by atoms with Gasteiger partial charge in [-0.2, -0.15) is 0 Å². The Kier molecular flexibility index (Phi) is 4.24. The van der Waals surface area contributed by atoms with Crippen LogP contribution in [0, 0.1) is 0 Å². The second-order valence-corrected chi connectivity index (χ2v) is 7.30. The number of aromatic nitrogens is 2. The van der Waals surface area contributed by atoms with E-state index in [4.69, 9.17) is 0 Å². The summed E-state index contributed by atoms with van der Waals surface area (Å²) in [5, 5.41) is 2.11. The van der Waals surface area contributed by atoms with Crippen molar-refractivity contribution in [3.8, 4) is 0 Å². The van der Waals surface area contributed by atoms with Gasteiger partial charge in [-0.3, -0.25) is 9.59 Å². The molecule has 2 heterocycles. The molecular weight excluding hydrogens is 364 g/mol. The Labute approximate surface area is 167 Å². The van der Waals surface area contributed by atoms with Crippen molar-refractivity contribution in [3.05, 3.63) is 78.1 Å². The predicted octanol–water partition coefficient (Wildman–Crippen LogP) is 3.20. The molecule has 1 N–H and O–H groups in total. The van der Waals surface area contributed by atoms with Crippen molar-refractivity contribution in [3.63, 3.8) is 0 Å². The van der Waals surface area contributed by atoms with Gasteiger partial charge in [-0.15, -0.1) is 0 Å². The minimum absolute atomic E-state index is 0.0640. The van der Waals surface area contributed by atoms with Crippen LogP contribution < -0.4 is 0 Å². The first-order chi connectivity index (χ1) is 14.2. The lowest BCUT2D eigenvalue weighted by atomic mass is 10.1. The van der Waals surface area contributed by atoms with Crippen LogP contribution in [0.15, 0.2) is 66.7 Å². The molecule has 1 aliphatic rings. The van der Waals surface area contributed by atoms with Crippen LogP contribution in [0.25, 0.3) is 21.8 Å². The number of hydrogen-bond acceptors (Lipinski definition) is 3. The lowest BCUT2D eigenvalue weighted by Gasteiger charge is -2.34. The summed E-state index contributed by atoms with van der Waals surface area (Å²) in [7, 11) is 0. The standard InChI is InChI=1S/C23H20N4O2/c28-22-15-27(23(29)18-10-9-16-5-1-2-6-17(16)13-18)12-11-26(22)14-21-24-19-7-3-4-8-20(19)25-21/h1-10,13H,11-12,14-15H2,(H,24,25). The molecule has 1 saturated heterocycles. The van der Waals surface area contributed by atoms with Crippen LogP contribution in [0.1, 0.15) is 16.2 Å². The number of hydrogen-bond donors (Lipinski definition) is 1. The van der Waals surface area contributed by atoms with Crippen molar-refractivity contribution < 1.29 is 9.59 Å². The second kappa shape index (κ2) is 7.05. The smallest absolute Gasteiger partial charge is 0.254 e. The van der Waals surface area contributed by atoms with E-state index in [1.54, 1.807) is 9.80 Å². The third-order valence-electron chi connectivity index (χ3n) is 5.38. The van der Waals surface area contributed by atoms with Gasteiger partial charge in [0, 0.05) is 18.7 Å². The fraction of sp³-hybridized carbons (Fsp3) is 0.174. The molecule has 0 atom stereocenters. The van der Waals surface area contributed by atoms with Gasteiger partial charge in [-0.1, -0.05) is 42.5 Å². The Hall–Kier alpha value is -3.67. The van der Waals surface area contributed by atoms with Crippen molar-refractivity contribution >= 4 is 33.6 Å². The number of para-hydroxylation sites is 2. The van der Waals surface area contributed by atoms with Gasteiger partial charge in [-0.25, -0.2) is 4.98 Å². The van der Waals surface area contributed by atoms with Crippen LogP contribution in [0.2, 0.25) is 0 Å². The number of imidazole rings is 1. The van der Waals surface area contributed by atoms with Crippen LogP contribution >= 0.6 is 0 Å². The summed E-state index contributed by atoms with van der Waals surface area (Å²) in [6.07, 6.45) is 0. The number of nitrogens with zero attached hydrogens (tertiary/aromatic N) is 3. The van der Waals surface area contributed by atoms with Crippen molar-refractivity contribution in [2.45, 2.75) is 6.54 Å². The van der Waals surface area contributed by atoms with Gasteiger partial charge in [0.05, 0.1) is 17.6 Å². The minimum atomic E-state index is -0.104. The lowest BCUT2D eigenvalue weighted by molar-refractivity contribution is -0.135. The Morgan fingerprint density at radius 1 is 0.966 bits per heavy atom. The number of carbonyl (C=O) groups is 2. The second-order valence-electron chi connectivity index (χ2n) is 7.30. The average Bonchev–Trinajstić information content (AvgIpc) is 3.17. The Bertz CT molecular complexity index is 1200. The van der Waals surface area contributed by atoms with Gasteiger partial charge in [0.2, 0.25) is 5.91 Å². The van der Waals surface area contributed by atoms with E-state index in [9.17, 15) is 9.59 Å². The van der Waals surface area contributed by atoms with Crippen LogP contribution in [0.3, 0.4) is 0 Å². The van der Waals surface area contributed by atoms with Crippen LogP contribution in [0.5, 0.6) is 0 Å². The molecule has 5 rings (SSSR count). The van der Waals surface area contributed by atoms with Gasteiger partial charge < -0.3 is 14.8 Å². The Balaban J connectivity index is 1.28. The van der Waals surface area contributed by atoms with Crippen LogP contribution in [-0.4, -0.2) is 51.2 Å². The molecule has 6 heteroatoms. The predicted molar refractivity (Wildman–Crippen MR) is 111 cm³/mol. The number of amides is 2. The van der Waals surface area contributed by atoms with Crippen molar-refractivity contribution in [1.29, 1.82) is 0 Å². The number of carbonyl (C=O) groups excluding carboxylic acids is 2. The number of rotatable bonds is 3. The van der Waals surface area contributed by atoms with Gasteiger partial charge in [-0.05, 0) is 35.0 Å². The molecule has 0 unspecified atom stereocenters. The number of aromatic amines is 1. The first-order valence-electron chi connectivity index (χ1n) is 9.67. The molecule has 0 aliphatic carbocycles. The van der Waals surface area contributed by atoms with E-state index in [0.717, 1.165) is 27.6 Å². The molecule has 3 aromatic carbocycles. The summed E-state index contributed by atoms with van der Waals surface area (Å²) in [5.41, 5.74) is 2.46. The SMILES string of the molecule is O=C1CN(C(=O)c2ccc3ccccc3c2)CCN1Cc1nc2ccccc2[nH]1. The zero-order chi connectivity index (χ0) is 19.8. The van der Waals surface area contributed by atoms with Crippen molar-refractivity contribution in [1.82, 2.24) is 19.8 Å². The first kappa shape index (κ1) is 17.4. The summed E-state index contributed by atoms with van der Waals surface area (Å²) >= 11 is 0. The summed E-state index contributed by atoms with van der Waals surface area (Å²) in [5.74, 6) is 0.590. The van der Waals surface area contributed by atoms with Crippen LogP contribution in [0.4, 0.5) is 0 Å². The van der Waals surface area contributed by atoms with E-state index in [0.29, 0.717) is 25.2 Å². The van der Waals surface area contributed by atoms with E-state index < -0.39 is 0 Å². The normalized spacial score (nSPS) is 14.7. The average molecular weight is 384 g/mol. The monoisotopic (exact) mass is 384 g/mol. The minimum Gasteiger partial charge on any atom is -0.340 e. The zero-order valence-corrected chi connectivity index (χ0v) is 15.8. The number of H-pyrrole nitrogens is 1. The Morgan fingerprint density at radius 3 is 2.59 bits per heavy atom. The van der Waals surface area contributed by atoms with Crippen molar-refractivity contribution in [2.75, 3.05) is 19.6 Å². The third kappa shape index (κ3) is 3.33. The van der Waals surface area contributed by atoms with Gasteiger partial charge >= 0.3 is 0 Å². The van der Waals surface area contributed by atoms with Gasteiger partial charge in [0.25, 0.3) is 5.91 Å². The van der Waals surface area contributed by atoms with E-state index in [-0.39, 0.29) is 18.4 Å². The van der Waals surface area contributed by atoms with E-state index in [1.807, 2.05) is 66.7 Å². The van der Waals surface area contributed by atoms with Gasteiger partial charge in [0.15, 0.2) is 0 Å². The van der Waals surface area contributed by atoms with E-state index in [2.05, 4.69) is 9.97 Å². The van der Waals surface area contributed by atoms with E-state index in [1.165, 1.54) is 0 Å². The fourth-order valence-corrected chi connectivity index (χ4v) is 3.82. The molecule has 1 aromatic heterocycles. The molecule has 6 nitrogen and oxygen atoms in total. The molecule has 0 spiro atoms. The molecule has 2 amide bonds. The molecule has 0 radical (unpaired) electrons. The number of piperazine rings is 1. The van der Waals surface area contributed by atoms with Gasteiger partial charge in [0.1, 0.15) is 12.4 Å². The quantitative estimate of drug-likeness (QED) is 0.590. The Morgan fingerprint density at radius 2 is 1.76 bits per heavy atom. The third-order valence-corrected chi connectivity index (χ3v) is 5.38. The molecule has 0 bridgehead atoms. The number of nitrogens with one attached hydrogen (secondary N) is 1. The highest BCUT2D eigenvalue weighted by molar-refractivity contribution is 6.00. The maximum Gasteiger partial charge on any atom is 0.254 e. The molecule has 29 heavy (non-hydrogen) atoms. The number of benzene rings is 3. The van der Waals surface area contributed by atoms with E-state index >= 15 is 0 Å². The fourth-order valence-electron chi connectivity index (χ4n) is 3.82. The lowest BCUT2D eigenvalue weighted by Crippen LogP contribution is -2.51. The highest BCUT2D eigenvalue weighted by atomic mass is 16.2. The topological polar surface area (TPSA) is 69.3 Å². The number of fused-ring (bicyclic) bond motifs is 2. The zero-order valence-electron chi connectivity index (χ0n) is 15.8. The largest absolute Gasteiger partial charge is 0.340 e. The molecule has 1 fully saturated rings. The van der Waals surface area contributed by atoms with Crippen LogP contribution in [-0.2, 0) is 11.3 Å².